The third kappa shape index (κ3) is 12.4. The van der Waals surface area contributed by atoms with Crippen LogP contribution in [-0.2, 0) is 9.47 Å². The molecule has 0 spiro atoms. The third-order valence-corrected chi connectivity index (χ3v) is 3.93. The molecule has 0 saturated carbocycles. The van der Waals surface area contributed by atoms with Gasteiger partial charge in [0.1, 0.15) is 0 Å². The van der Waals surface area contributed by atoms with E-state index in [4.69, 9.17) is 21.1 Å². The molecule has 1 aromatic rings. The standard InChI is InChI=1S/C19H31ClN4O3.HI/c1-3-4-12-26-14-15-27-13-11-24-19(21-2)23-10-9-22-18(25)16-7-5-6-8-17(16)20;/h5-8H,3-4,9-15H2,1-2H3,(H,22,25)(H2,21,23,24);1H. The molecule has 0 aliphatic carbocycles. The molecule has 0 fully saturated rings. The van der Waals surface area contributed by atoms with Gasteiger partial charge >= 0.3 is 0 Å². The molecular weight excluding hydrogens is 495 g/mol. The van der Waals surface area contributed by atoms with Crippen molar-refractivity contribution in [2.75, 3.05) is 53.1 Å². The number of benzene rings is 1. The van der Waals surface area contributed by atoms with E-state index >= 15 is 0 Å². The molecule has 1 aromatic carbocycles. The number of rotatable bonds is 13. The fraction of sp³-hybridized carbons (Fsp3) is 0.579. The van der Waals surface area contributed by atoms with E-state index in [0.29, 0.717) is 56.0 Å². The number of amides is 1. The Morgan fingerprint density at radius 1 is 1.00 bits per heavy atom. The predicted molar refractivity (Wildman–Crippen MR) is 125 cm³/mol. The van der Waals surface area contributed by atoms with Gasteiger partial charge in [0, 0.05) is 33.3 Å². The Balaban J connectivity index is 0.00000729. The van der Waals surface area contributed by atoms with Crippen molar-refractivity contribution in [3.63, 3.8) is 0 Å². The van der Waals surface area contributed by atoms with Crippen LogP contribution in [0.3, 0.4) is 0 Å². The number of hydrogen-bond acceptors (Lipinski definition) is 4. The molecule has 0 unspecified atom stereocenters. The number of guanidine groups is 1. The molecule has 1 amide bonds. The maximum absolute atomic E-state index is 12.0. The molecule has 0 aromatic heterocycles. The van der Waals surface area contributed by atoms with Crippen molar-refractivity contribution < 1.29 is 14.3 Å². The minimum absolute atomic E-state index is 0. The Labute approximate surface area is 190 Å². The van der Waals surface area contributed by atoms with Crippen molar-refractivity contribution >= 4 is 47.4 Å². The molecule has 160 valence electrons. The second-order valence-electron chi connectivity index (χ2n) is 5.74. The fourth-order valence-corrected chi connectivity index (χ4v) is 2.35. The molecule has 0 aliphatic heterocycles. The summed E-state index contributed by atoms with van der Waals surface area (Å²) >= 11 is 6.00. The van der Waals surface area contributed by atoms with E-state index in [1.54, 1.807) is 31.3 Å². The highest BCUT2D eigenvalue weighted by Gasteiger charge is 2.08. The molecule has 0 atom stereocenters. The highest BCUT2D eigenvalue weighted by Crippen LogP contribution is 2.14. The molecule has 0 radical (unpaired) electrons. The maximum atomic E-state index is 12.0. The fourth-order valence-electron chi connectivity index (χ4n) is 2.13. The number of hydrogen-bond donors (Lipinski definition) is 3. The molecular formula is C19H32ClIN4O3. The molecule has 28 heavy (non-hydrogen) atoms. The summed E-state index contributed by atoms with van der Waals surface area (Å²) in [5.74, 6) is 0.463. The zero-order valence-corrected chi connectivity index (χ0v) is 19.7. The van der Waals surface area contributed by atoms with Crippen LogP contribution in [0.15, 0.2) is 29.3 Å². The summed E-state index contributed by atoms with van der Waals surface area (Å²) in [6, 6.07) is 6.96. The van der Waals surface area contributed by atoms with E-state index in [2.05, 4.69) is 27.9 Å². The van der Waals surface area contributed by atoms with Crippen molar-refractivity contribution in [2.24, 2.45) is 4.99 Å². The lowest BCUT2D eigenvalue weighted by atomic mass is 10.2. The van der Waals surface area contributed by atoms with Crippen molar-refractivity contribution in [1.82, 2.24) is 16.0 Å². The summed E-state index contributed by atoms with van der Waals surface area (Å²) in [4.78, 5) is 16.2. The van der Waals surface area contributed by atoms with Crippen LogP contribution < -0.4 is 16.0 Å². The van der Waals surface area contributed by atoms with Gasteiger partial charge in [-0.05, 0) is 18.6 Å². The van der Waals surface area contributed by atoms with E-state index in [9.17, 15) is 4.79 Å². The average molecular weight is 527 g/mol. The van der Waals surface area contributed by atoms with E-state index < -0.39 is 0 Å². The van der Waals surface area contributed by atoms with Crippen LogP contribution in [0.2, 0.25) is 5.02 Å². The third-order valence-electron chi connectivity index (χ3n) is 3.60. The normalized spacial score (nSPS) is 10.9. The van der Waals surface area contributed by atoms with Gasteiger partial charge in [0.15, 0.2) is 5.96 Å². The first-order chi connectivity index (χ1) is 13.2. The van der Waals surface area contributed by atoms with Crippen LogP contribution >= 0.6 is 35.6 Å². The van der Waals surface area contributed by atoms with Crippen LogP contribution in [-0.4, -0.2) is 65.0 Å². The van der Waals surface area contributed by atoms with Crippen LogP contribution in [0.5, 0.6) is 0 Å². The van der Waals surface area contributed by atoms with Gasteiger partial charge in [0.25, 0.3) is 5.91 Å². The second kappa shape index (κ2) is 18.0. The molecule has 0 saturated heterocycles. The van der Waals surface area contributed by atoms with E-state index in [0.717, 1.165) is 19.4 Å². The lowest BCUT2D eigenvalue weighted by Gasteiger charge is -2.13. The van der Waals surface area contributed by atoms with Crippen LogP contribution in [0.25, 0.3) is 0 Å². The van der Waals surface area contributed by atoms with Gasteiger partial charge in [-0.1, -0.05) is 37.1 Å². The summed E-state index contributed by atoms with van der Waals surface area (Å²) in [7, 11) is 1.69. The largest absolute Gasteiger partial charge is 0.379 e. The number of nitrogens with zero attached hydrogens (tertiary/aromatic N) is 1. The maximum Gasteiger partial charge on any atom is 0.252 e. The summed E-state index contributed by atoms with van der Waals surface area (Å²) < 4.78 is 10.9. The van der Waals surface area contributed by atoms with Crippen molar-refractivity contribution in [2.45, 2.75) is 19.8 Å². The molecule has 0 aliphatic rings. The number of unbranched alkanes of at least 4 members (excludes halogenated alkanes) is 1. The van der Waals surface area contributed by atoms with Gasteiger partial charge in [-0.2, -0.15) is 0 Å². The number of carbonyl (C=O) groups excluding carboxylic acids is 1. The Bertz CT molecular complexity index is 576. The smallest absolute Gasteiger partial charge is 0.252 e. The van der Waals surface area contributed by atoms with Gasteiger partial charge in [0.05, 0.1) is 30.4 Å². The Morgan fingerprint density at radius 2 is 1.64 bits per heavy atom. The first-order valence-electron chi connectivity index (χ1n) is 9.31. The van der Waals surface area contributed by atoms with E-state index in [-0.39, 0.29) is 29.9 Å². The summed E-state index contributed by atoms with van der Waals surface area (Å²) in [6.45, 7) is 6.35. The molecule has 7 nitrogen and oxygen atoms in total. The molecule has 0 heterocycles. The van der Waals surface area contributed by atoms with Crippen LogP contribution in [0, 0.1) is 0 Å². The molecule has 0 bridgehead atoms. The highest BCUT2D eigenvalue weighted by atomic mass is 127. The van der Waals surface area contributed by atoms with Gasteiger partial charge in [0.2, 0.25) is 0 Å². The Kier molecular flexibility index (Phi) is 17.3. The SMILES string of the molecule is CCCCOCCOCCNC(=NC)NCCNC(=O)c1ccccc1Cl.I. The zero-order chi connectivity index (χ0) is 19.7. The van der Waals surface area contributed by atoms with Gasteiger partial charge in [-0.25, -0.2) is 0 Å². The number of halogens is 2. The lowest BCUT2D eigenvalue weighted by Crippen LogP contribution is -2.42. The van der Waals surface area contributed by atoms with Gasteiger partial charge < -0.3 is 25.4 Å². The number of carbonyl (C=O) groups is 1. The average Bonchev–Trinajstić information content (AvgIpc) is 2.68. The first kappa shape index (κ1) is 26.9. The number of ether oxygens (including phenoxy) is 2. The van der Waals surface area contributed by atoms with Crippen molar-refractivity contribution in [3.05, 3.63) is 34.9 Å². The van der Waals surface area contributed by atoms with E-state index in [1.165, 1.54) is 0 Å². The van der Waals surface area contributed by atoms with Crippen molar-refractivity contribution in [1.29, 1.82) is 0 Å². The number of nitrogens with one attached hydrogen (secondary N) is 3. The summed E-state index contributed by atoms with van der Waals surface area (Å²) in [5.41, 5.74) is 0.470. The van der Waals surface area contributed by atoms with Crippen LogP contribution in [0.1, 0.15) is 30.1 Å². The van der Waals surface area contributed by atoms with E-state index in [1.807, 2.05) is 0 Å². The van der Waals surface area contributed by atoms with Crippen molar-refractivity contribution in [3.8, 4) is 0 Å². The molecule has 9 heteroatoms. The summed E-state index contributed by atoms with van der Waals surface area (Å²) in [5, 5.41) is 9.53. The van der Waals surface area contributed by atoms with Crippen LogP contribution in [0.4, 0.5) is 0 Å². The van der Waals surface area contributed by atoms with Gasteiger partial charge in [-0.3, -0.25) is 9.79 Å². The highest BCUT2D eigenvalue weighted by molar-refractivity contribution is 14.0. The summed E-state index contributed by atoms with van der Waals surface area (Å²) in [6.07, 6.45) is 2.23. The Morgan fingerprint density at radius 3 is 2.32 bits per heavy atom. The lowest BCUT2D eigenvalue weighted by molar-refractivity contribution is 0.0487. The zero-order valence-electron chi connectivity index (χ0n) is 16.6. The Hall–Kier alpha value is -1.10. The van der Waals surface area contributed by atoms with Gasteiger partial charge in [-0.15, -0.1) is 24.0 Å². The first-order valence-corrected chi connectivity index (χ1v) is 9.69. The predicted octanol–water partition coefficient (Wildman–Crippen LogP) is 2.69. The topological polar surface area (TPSA) is 84.0 Å². The molecule has 1 rings (SSSR count). The monoisotopic (exact) mass is 526 g/mol. The molecule has 3 N–H and O–H groups in total. The quantitative estimate of drug-likeness (QED) is 0.159. The second-order valence-corrected chi connectivity index (χ2v) is 6.15. The number of aliphatic imine (C=N–C) groups is 1. The minimum Gasteiger partial charge on any atom is -0.379 e. The minimum atomic E-state index is -0.195.